The molecule has 0 aliphatic carbocycles. The molecule has 4 aromatic carbocycles. The van der Waals surface area contributed by atoms with E-state index in [1.807, 2.05) is 97.1 Å². The molecule has 0 unspecified atom stereocenters. The Kier molecular flexibility index (Phi) is 5.42. The van der Waals surface area contributed by atoms with Crippen LogP contribution in [0, 0.1) is 0 Å². The SMILES string of the molecule is [Y+3].c1ccc2c(c1)-c1nc-2nc2[nH]c(nc3nc(nc4[nH]c(n1)c1ccccc41)-c1ccccc1-3)c1ccccc21. The molecule has 3 aromatic heterocycles. The average Bonchev–Trinajstić information content (AvgIpc) is 3.73. The second kappa shape index (κ2) is 9.19. The van der Waals surface area contributed by atoms with E-state index in [1.54, 1.807) is 0 Å². The van der Waals surface area contributed by atoms with Crippen LogP contribution < -0.4 is 0 Å². The van der Waals surface area contributed by atoms with Crippen molar-refractivity contribution in [3.63, 3.8) is 0 Å². The smallest absolute Gasteiger partial charge is 0.324 e. The Bertz CT molecular complexity index is 2030. The quantitative estimate of drug-likeness (QED) is 0.196. The topological polar surface area (TPSA) is 109 Å². The van der Waals surface area contributed by atoms with Crippen molar-refractivity contribution >= 4 is 44.1 Å². The molecule has 0 fully saturated rings. The Morgan fingerprint density at radius 1 is 0.317 bits per heavy atom. The van der Waals surface area contributed by atoms with Crippen molar-refractivity contribution in [2.45, 2.75) is 0 Å². The molecule has 0 atom stereocenters. The number of aromatic amines is 2. The number of H-pyrrole nitrogens is 2. The zero-order chi connectivity index (χ0) is 26.2. The summed E-state index contributed by atoms with van der Waals surface area (Å²) in [4.78, 5) is 36.8. The van der Waals surface area contributed by atoms with Gasteiger partial charge in [0.05, 0.1) is 0 Å². The van der Waals surface area contributed by atoms with Crippen molar-refractivity contribution in [2.24, 2.45) is 0 Å². The van der Waals surface area contributed by atoms with Gasteiger partial charge in [-0.25, -0.2) is 29.9 Å². The predicted octanol–water partition coefficient (Wildman–Crippen LogP) is 6.87. The number of nitrogens with one attached hydrogen (secondary N) is 2. The van der Waals surface area contributed by atoms with Gasteiger partial charge in [-0.1, -0.05) is 97.1 Å². The summed E-state index contributed by atoms with van der Waals surface area (Å²) in [5.74, 6) is 2.39. The summed E-state index contributed by atoms with van der Waals surface area (Å²) < 4.78 is 0. The normalized spacial score (nSPS) is 11.7. The van der Waals surface area contributed by atoms with Crippen LogP contribution in [-0.2, 0) is 32.7 Å². The van der Waals surface area contributed by atoms with Crippen molar-refractivity contribution in [2.75, 3.05) is 0 Å². The zero-order valence-corrected chi connectivity index (χ0v) is 24.3. The van der Waals surface area contributed by atoms with E-state index in [0.29, 0.717) is 45.9 Å². The number of hydrogen-bond acceptors (Lipinski definition) is 6. The van der Waals surface area contributed by atoms with Crippen molar-refractivity contribution < 1.29 is 32.7 Å². The van der Waals surface area contributed by atoms with E-state index >= 15 is 0 Å². The fourth-order valence-electron chi connectivity index (χ4n) is 5.59. The van der Waals surface area contributed by atoms with Gasteiger partial charge in [0.2, 0.25) is 0 Å². The minimum Gasteiger partial charge on any atom is -0.324 e. The average molecular weight is 603 g/mol. The van der Waals surface area contributed by atoms with Crippen LogP contribution >= 0.6 is 0 Å². The van der Waals surface area contributed by atoms with Gasteiger partial charge in [-0.2, -0.15) is 0 Å². The first-order valence-electron chi connectivity index (χ1n) is 13.0. The largest absolute Gasteiger partial charge is 3.00 e. The Hall–Kier alpha value is -4.66. The van der Waals surface area contributed by atoms with Gasteiger partial charge in [0.15, 0.2) is 23.3 Å². The van der Waals surface area contributed by atoms with Crippen LogP contribution in [-0.4, -0.2) is 39.9 Å². The second-order valence-corrected chi connectivity index (χ2v) is 9.79. The first kappa shape index (κ1) is 24.2. The molecule has 0 spiro atoms. The van der Waals surface area contributed by atoms with Gasteiger partial charge in [-0.3, -0.25) is 0 Å². The molecule has 8 bridgehead atoms. The summed E-state index contributed by atoms with van der Waals surface area (Å²) in [5.41, 5.74) is 6.45. The first-order chi connectivity index (χ1) is 19.8. The molecule has 2 aliphatic rings. The molecule has 2 N–H and O–H groups in total. The Labute approximate surface area is 257 Å². The minimum absolute atomic E-state index is 0. The van der Waals surface area contributed by atoms with Crippen LogP contribution in [0.1, 0.15) is 0 Å². The number of fused-ring (bicyclic) bond motifs is 20. The van der Waals surface area contributed by atoms with E-state index in [2.05, 4.69) is 9.97 Å². The summed E-state index contributed by atoms with van der Waals surface area (Å²) in [6.07, 6.45) is 0. The van der Waals surface area contributed by atoms with Crippen molar-refractivity contribution in [3.05, 3.63) is 97.1 Å². The van der Waals surface area contributed by atoms with E-state index in [9.17, 15) is 0 Å². The van der Waals surface area contributed by atoms with Gasteiger partial charge < -0.3 is 9.97 Å². The third kappa shape index (κ3) is 3.68. The summed E-state index contributed by atoms with van der Waals surface area (Å²) in [6.45, 7) is 0. The molecule has 5 heterocycles. The molecule has 41 heavy (non-hydrogen) atoms. The zero-order valence-electron chi connectivity index (χ0n) is 21.5. The Morgan fingerprint density at radius 3 is 0.829 bits per heavy atom. The van der Waals surface area contributed by atoms with E-state index in [-0.39, 0.29) is 32.7 Å². The van der Waals surface area contributed by atoms with Gasteiger partial charge in [0.1, 0.15) is 22.6 Å². The standard InChI is InChI=1S/C32H18N8.Y/c1-2-10-18-17(9-1)25-33-26(18)38-28-21-13-5-6-14-22(21)30(35-28)40-32-24-16-8-7-15-23(24)31(36-32)39-29-20-12-4-3-11-19(20)27(34-29)37-25;/h1-16H,(H2,33,34,35,36,37,38,39,40);/q;+3. The van der Waals surface area contributed by atoms with Crippen LogP contribution in [0.2, 0.25) is 0 Å². The van der Waals surface area contributed by atoms with Crippen LogP contribution in [0.5, 0.6) is 0 Å². The van der Waals surface area contributed by atoms with Crippen molar-refractivity contribution in [1.82, 2.24) is 39.9 Å². The molecule has 8 nitrogen and oxygen atoms in total. The van der Waals surface area contributed by atoms with Gasteiger partial charge >= 0.3 is 32.7 Å². The molecule has 0 amide bonds. The molecule has 9 heteroatoms. The molecule has 0 saturated heterocycles. The van der Waals surface area contributed by atoms with E-state index < -0.39 is 0 Å². The van der Waals surface area contributed by atoms with Gasteiger partial charge in [0, 0.05) is 43.8 Å². The van der Waals surface area contributed by atoms with Crippen LogP contribution in [0.3, 0.4) is 0 Å². The molecule has 9 rings (SSSR count). The predicted molar refractivity (Wildman–Crippen MR) is 156 cm³/mol. The number of benzene rings is 4. The molecule has 0 radical (unpaired) electrons. The number of nitrogens with zero attached hydrogens (tertiary/aromatic N) is 6. The minimum atomic E-state index is 0. The Balaban J connectivity index is 0.00000256. The summed E-state index contributed by atoms with van der Waals surface area (Å²) >= 11 is 0. The molecular weight excluding hydrogens is 585 g/mol. The number of aromatic nitrogens is 8. The Morgan fingerprint density at radius 2 is 0.561 bits per heavy atom. The van der Waals surface area contributed by atoms with Gasteiger partial charge in [-0.05, 0) is 0 Å². The maximum Gasteiger partial charge on any atom is 3.00 e. The molecule has 0 saturated carbocycles. The van der Waals surface area contributed by atoms with Gasteiger partial charge in [0.25, 0.3) is 0 Å². The maximum absolute atomic E-state index is 5.02. The van der Waals surface area contributed by atoms with Crippen LogP contribution in [0.15, 0.2) is 97.1 Å². The van der Waals surface area contributed by atoms with Gasteiger partial charge in [-0.15, -0.1) is 0 Å². The monoisotopic (exact) mass is 603 g/mol. The fraction of sp³-hybridized carbons (Fsp3) is 0. The third-order valence-electron chi connectivity index (χ3n) is 7.46. The number of hydrogen-bond donors (Lipinski definition) is 2. The van der Waals surface area contributed by atoms with E-state index in [0.717, 1.165) is 43.8 Å². The fourth-order valence-corrected chi connectivity index (χ4v) is 5.59. The molecule has 7 aromatic rings. The summed E-state index contributed by atoms with van der Waals surface area (Å²) in [6, 6.07) is 32.2. The first-order valence-corrected chi connectivity index (χ1v) is 13.0. The molecule has 2 aliphatic heterocycles. The maximum atomic E-state index is 5.02. The summed E-state index contributed by atoms with van der Waals surface area (Å²) in [5, 5.41) is 3.82. The molecular formula is C32H18N8Y+3. The van der Waals surface area contributed by atoms with Crippen molar-refractivity contribution in [1.29, 1.82) is 0 Å². The third-order valence-corrected chi connectivity index (χ3v) is 7.46. The van der Waals surface area contributed by atoms with E-state index in [1.165, 1.54) is 0 Å². The van der Waals surface area contributed by atoms with Crippen molar-refractivity contribution in [3.8, 4) is 45.6 Å². The number of rotatable bonds is 0. The van der Waals surface area contributed by atoms with Crippen LogP contribution in [0.4, 0.5) is 0 Å². The van der Waals surface area contributed by atoms with Crippen LogP contribution in [0.25, 0.3) is 89.7 Å². The van der Waals surface area contributed by atoms with E-state index in [4.69, 9.17) is 29.9 Å². The summed E-state index contributed by atoms with van der Waals surface area (Å²) in [7, 11) is 0. The molecule has 186 valence electrons. The second-order valence-electron chi connectivity index (χ2n) is 9.79.